The number of aromatic nitrogens is 3. The first kappa shape index (κ1) is 19.3. The summed E-state index contributed by atoms with van der Waals surface area (Å²) in [6.07, 6.45) is 0.872. The summed E-state index contributed by atoms with van der Waals surface area (Å²) in [6.45, 7) is 3.98. The SMILES string of the molecule is CC[C@@H](C)NC(=O)CSc1nc2c3cc(OC)ccc3n(C)c2c(=O)n1C. The first-order valence-corrected chi connectivity index (χ1v) is 9.81. The highest BCUT2D eigenvalue weighted by Gasteiger charge is 2.18. The minimum absolute atomic E-state index is 0.0664. The van der Waals surface area contributed by atoms with Gasteiger partial charge >= 0.3 is 0 Å². The number of fused-ring (bicyclic) bond motifs is 3. The van der Waals surface area contributed by atoms with Crippen LogP contribution < -0.4 is 15.6 Å². The lowest BCUT2D eigenvalue weighted by molar-refractivity contribution is -0.119. The second-order valence-corrected chi connectivity index (χ2v) is 7.51. The van der Waals surface area contributed by atoms with Crippen molar-refractivity contribution in [2.75, 3.05) is 12.9 Å². The number of nitrogens with zero attached hydrogens (tertiary/aromatic N) is 3. The van der Waals surface area contributed by atoms with Crippen LogP contribution in [0, 0.1) is 0 Å². The molecule has 0 fully saturated rings. The second kappa shape index (κ2) is 7.64. The Hall–Kier alpha value is -2.48. The van der Waals surface area contributed by atoms with Gasteiger partial charge in [-0.2, -0.15) is 0 Å². The number of carbonyl (C=O) groups excluding carboxylic acids is 1. The summed E-state index contributed by atoms with van der Waals surface area (Å²) < 4.78 is 8.66. The predicted molar refractivity (Wildman–Crippen MR) is 109 cm³/mol. The van der Waals surface area contributed by atoms with Crippen LogP contribution in [0.3, 0.4) is 0 Å². The van der Waals surface area contributed by atoms with E-state index in [0.717, 1.165) is 17.3 Å². The number of methoxy groups -OCH3 is 1. The van der Waals surface area contributed by atoms with E-state index >= 15 is 0 Å². The monoisotopic (exact) mass is 388 g/mol. The van der Waals surface area contributed by atoms with Crippen LogP contribution >= 0.6 is 11.8 Å². The number of thioether (sulfide) groups is 1. The van der Waals surface area contributed by atoms with Gasteiger partial charge in [0, 0.05) is 25.5 Å². The van der Waals surface area contributed by atoms with Gasteiger partial charge < -0.3 is 14.6 Å². The zero-order chi connectivity index (χ0) is 19.7. The molecule has 0 aliphatic heterocycles. The van der Waals surface area contributed by atoms with Crippen LogP contribution in [0.15, 0.2) is 28.2 Å². The van der Waals surface area contributed by atoms with Crippen molar-refractivity contribution in [2.45, 2.75) is 31.5 Å². The zero-order valence-electron chi connectivity index (χ0n) is 16.2. The van der Waals surface area contributed by atoms with E-state index in [1.807, 2.05) is 43.7 Å². The number of hydrogen-bond donors (Lipinski definition) is 1. The lowest BCUT2D eigenvalue weighted by Crippen LogP contribution is -2.33. The van der Waals surface area contributed by atoms with Crippen LogP contribution in [0.2, 0.25) is 0 Å². The number of hydrogen-bond acceptors (Lipinski definition) is 5. The van der Waals surface area contributed by atoms with Gasteiger partial charge in [0.2, 0.25) is 5.91 Å². The van der Waals surface area contributed by atoms with Gasteiger partial charge in [-0.3, -0.25) is 14.2 Å². The van der Waals surface area contributed by atoms with Crippen LogP contribution in [0.25, 0.3) is 21.9 Å². The molecule has 3 aromatic rings. The summed E-state index contributed by atoms with van der Waals surface area (Å²) in [6, 6.07) is 5.79. The van der Waals surface area contributed by atoms with Gasteiger partial charge in [0.15, 0.2) is 5.16 Å². The van der Waals surface area contributed by atoms with Crippen molar-refractivity contribution in [1.29, 1.82) is 0 Å². The summed E-state index contributed by atoms with van der Waals surface area (Å²) in [5.41, 5.74) is 1.93. The van der Waals surface area contributed by atoms with Gasteiger partial charge in [-0.05, 0) is 31.5 Å². The van der Waals surface area contributed by atoms with Gasteiger partial charge in [-0.1, -0.05) is 18.7 Å². The molecule has 0 unspecified atom stereocenters. The predicted octanol–water partition coefficient (Wildman–Crippen LogP) is 2.44. The van der Waals surface area contributed by atoms with E-state index in [0.29, 0.717) is 21.9 Å². The van der Waals surface area contributed by atoms with Gasteiger partial charge in [0.25, 0.3) is 5.56 Å². The van der Waals surface area contributed by atoms with Crippen molar-refractivity contribution in [3.8, 4) is 5.75 Å². The molecule has 0 spiro atoms. The maximum absolute atomic E-state index is 12.9. The van der Waals surface area contributed by atoms with E-state index in [4.69, 9.17) is 9.72 Å². The maximum atomic E-state index is 12.9. The summed E-state index contributed by atoms with van der Waals surface area (Å²) >= 11 is 1.26. The summed E-state index contributed by atoms with van der Waals surface area (Å²) in [5, 5.41) is 4.30. The summed E-state index contributed by atoms with van der Waals surface area (Å²) in [5.74, 6) is 0.854. The number of ether oxygens (including phenoxy) is 1. The molecule has 0 aliphatic carbocycles. The van der Waals surface area contributed by atoms with Crippen LogP contribution in [0.4, 0.5) is 0 Å². The number of rotatable bonds is 6. The van der Waals surface area contributed by atoms with Crippen molar-refractivity contribution in [3.05, 3.63) is 28.6 Å². The van der Waals surface area contributed by atoms with E-state index in [-0.39, 0.29) is 23.3 Å². The minimum Gasteiger partial charge on any atom is -0.497 e. The van der Waals surface area contributed by atoms with Crippen molar-refractivity contribution < 1.29 is 9.53 Å². The molecule has 2 heterocycles. The lowest BCUT2D eigenvalue weighted by atomic mass is 10.2. The second-order valence-electron chi connectivity index (χ2n) is 6.56. The number of amides is 1. The molecular weight excluding hydrogens is 364 g/mol. The molecule has 1 N–H and O–H groups in total. The Morgan fingerprint density at radius 2 is 2.07 bits per heavy atom. The average molecular weight is 388 g/mol. The van der Waals surface area contributed by atoms with Crippen molar-refractivity contribution in [1.82, 2.24) is 19.4 Å². The van der Waals surface area contributed by atoms with E-state index in [9.17, 15) is 9.59 Å². The largest absolute Gasteiger partial charge is 0.497 e. The molecule has 0 aliphatic rings. The molecular formula is C19H24N4O3S. The Kier molecular flexibility index (Phi) is 5.46. The summed E-state index contributed by atoms with van der Waals surface area (Å²) in [4.78, 5) is 29.7. The van der Waals surface area contributed by atoms with Crippen LogP contribution in [-0.2, 0) is 18.9 Å². The van der Waals surface area contributed by atoms with E-state index in [1.54, 1.807) is 14.2 Å². The number of benzene rings is 1. The molecule has 0 radical (unpaired) electrons. The van der Waals surface area contributed by atoms with Crippen molar-refractivity contribution in [2.24, 2.45) is 14.1 Å². The van der Waals surface area contributed by atoms with Gasteiger partial charge in [-0.25, -0.2) is 4.98 Å². The topological polar surface area (TPSA) is 78.2 Å². The number of aryl methyl sites for hydroxylation is 1. The number of carbonyl (C=O) groups is 1. The third-order valence-corrected chi connectivity index (χ3v) is 5.76. The highest BCUT2D eigenvalue weighted by molar-refractivity contribution is 7.99. The van der Waals surface area contributed by atoms with Gasteiger partial charge in [0.05, 0.1) is 18.4 Å². The van der Waals surface area contributed by atoms with Crippen LogP contribution in [0.5, 0.6) is 5.75 Å². The molecule has 1 aromatic carbocycles. The van der Waals surface area contributed by atoms with Gasteiger partial charge in [-0.15, -0.1) is 0 Å². The quantitative estimate of drug-likeness (QED) is 0.518. The van der Waals surface area contributed by atoms with Crippen LogP contribution in [-0.4, -0.2) is 38.9 Å². The zero-order valence-corrected chi connectivity index (χ0v) is 17.0. The molecule has 2 aromatic heterocycles. The number of nitrogens with one attached hydrogen (secondary N) is 1. The third-order valence-electron chi connectivity index (χ3n) is 4.73. The Morgan fingerprint density at radius 3 is 2.74 bits per heavy atom. The van der Waals surface area contributed by atoms with Gasteiger partial charge in [0.1, 0.15) is 16.8 Å². The standard InChI is InChI=1S/C19H24N4O3S/c1-6-11(2)20-15(24)10-27-19-21-16-13-9-12(26-5)7-8-14(13)22(3)17(16)18(25)23(19)4/h7-9,11H,6,10H2,1-5H3,(H,20,24)/t11-/m1/s1. The molecule has 27 heavy (non-hydrogen) atoms. The Labute approximate surface area is 161 Å². The normalized spacial score (nSPS) is 12.5. The lowest BCUT2D eigenvalue weighted by Gasteiger charge is -2.12. The molecule has 1 atom stereocenters. The first-order chi connectivity index (χ1) is 12.9. The summed E-state index contributed by atoms with van der Waals surface area (Å²) in [7, 11) is 5.14. The van der Waals surface area contributed by atoms with E-state index in [2.05, 4.69) is 5.32 Å². The first-order valence-electron chi connectivity index (χ1n) is 8.82. The van der Waals surface area contributed by atoms with Crippen molar-refractivity contribution >= 4 is 39.6 Å². The fourth-order valence-corrected chi connectivity index (χ4v) is 3.76. The van der Waals surface area contributed by atoms with E-state index < -0.39 is 0 Å². The molecule has 7 nitrogen and oxygen atoms in total. The highest BCUT2D eigenvalue weighted by atomic mass is 32.2. The molecule has 8 heteroatoms. The Bertz CT molecular complexity index is 1070. The fraction of sp³-hybridized carbons (Fsp3) is 0.421. The third kappa shape index (κ3) is 3.53. The molecule has 144 valence electrons. The molecule has 0 bridgehead atoms. The minimum atomic E-state index is -0.137. The molecule has 0 saturated heterocycles. The smallest absolute Gasteiger partial charge is 0.278 e. The van der Waals surface area contributed by atoms with E-state index in [1.165, 1.54) is 16.3 Å². The molecule has 0 saturated carbocycles. The van der Waals surface area contributed by atoms with Crippen LogP contribution in [0.1, 0.15) is 20.3 Å². The highest BCUT2D eigenvalue weighted by Crippen LogP contribution is 2.29. The average Bonchev–Trinajstić information content (AvgIpc) is 2.94. The molecule has 3 rings (SSSR count). The maximum Gasteiger partial charge on any atom is 0.278 e. The molecule has 1 amide bonds. The fourth-order valence-electron chi connectivity index (χ4n) is 2.98. The Morgan fingerprint density at radius 1 is 1.33 bits per heavy atom. The van der Waals surface area contributed by atoms with Crippen molar-refractivity contribution in [3.63, 3.8) is 0 Å². The Balaban J connectivity index is 2.04.